The van der Waals surface area contributed by atoms with E-state index in [0.717, 1.165) is 15.2 Å². The third-order valence-corrected chi connectivity index (χ3v) is 7.20. The molecule has 0 amide bonds. The van der Waals surface area contributed by atoms with Gasteiger partial charge in [0.1, 0.15) is 6.04 Å². The van der Waals surface area contributed by atoms with Gasteiger partial charge in [0.25, 0.3) is 0 Å². The van der Waals surface area contributed by atoms with Crippen LogP contribution in [-0.4, -0.2) is 41.0 Å². The fraction of sp³-hybridized carbons (Fsp3) is 0.462. The van der Waals surface area contributed by atoms with Crippen LogP contribution in [0.4, 0.5) is 0 Å². The predicted octanol–water partition coefficient (Wildman–Crippen LogP) is 2.77. The molecule has 0 radical (unpaired) electrons. The van der Waals surface area contributed by atoms with Crippen molar-refractivity contribution in [1.29, 1.82) is 0 Å². The number of carboxylic acid groups (broad SMARTS) is 1. The predicted molar refractivity (Wildman–Crippen MR) is 85.7 cm³/mol. The van der Waals surface area contributed by atoms with Crippen molar-refractivity contribution < 1.29 is 18.3 Å². The molecule has 1 aliphatic rings. The molecule has 0 bridgehead atoms. The second-order valence-electron chi connectivity index (χ2n) is 4.72. The number of hydrogen-bond acceptors (Lipinski definition) is 4. The largest absolute Gasteiger partial charge is 0.480 e. The van der Waals surface area contributed by atoms with Gasteiger partial charge >= 0.3 is 5.97 Å². The average Bonchev–Trinajstić information content (AvgIpc) is 2.84. The Morgan fingerprint density at radius 3 is 2.57 bits per heavy atom. The zero-order valence-corrected chi connectivity index (χ0v) is 14.6. The maximum atomic E-state index is 12.8. The van der Waals surface area contributed by atoms with Gasteiger partial charge in [-0.15, -0.1) is 11.8 Å². The van der Waals surface area contributed by atoms with Crippen molar-refractivity contribution in [2.45, 2.75) is 36.1 Å². The Morgan fingerprint density at radius 2 is 2.05 bits per heavy atom. The maximum absolute atomic E-state index is 12.8. The monoisotopic (exact) mass is 393 g/mol. The number of carbonyl (C=O) groups is 1. The summed E-state index contributed by atoms with van der Waals surface area (Å²) >= 11 is 4.65. The Hall–Kier alpha value is -0.570. The fourth-order valence-corrected chi connectivity index (χ4v) is 6.16. The Labute approximate surface area is 136 Å². The molecule has 2 unspecified atom stereocenters. The van der Waals surface area contributed by atoms with Crippen LogP contribution in [0.1, 0.15) is 19.8 Å². The van der Waals surface area contributed by atoms with Crippen LogP contribution in [0.25, 0.3) is 0 Å². The number of rotatable bonds is 5. The second kappa shape index (κ2) is 6.68. The topological polar surface area (TPSA) is 74.7 Å². The molecule has 1 aliphatic heterocycles. The molecule has 0 saturated carbocycles. The van der Waals surface area contributed by atoms with Gasteiger partial charge in [0.05, 0.1) is 10.3 Å². The van der Waals surface area contributed by atoms with Gasteiger partial charge in [-0.3, -0.25) is 4.79 Å². The highest BCUT2D eigenvalue weighted by molar-refractivity contribution is 9.10. The van der Waals surface area contributed by atoms with Crippen LogP contribution in [-0.2, 0) is 14.8 Å². The minimum Gasteiger partial charge on any atom is -0.480 e. The molecular weight excluding hydrogens is 378 g/mol. The van der Waals surface area contributed by atoms with Gasteiger partial charge in [0, 0.05) is 10.2 Å². The third-order valence-electron chi connectivity index (χ3n) is 3.25. The Bertz CT molecular complexity index is 618. The normalized spacial score (nSPS) is 23.3. The van der Waals surface area contributed by atoms with Gasteiger partial charge in [-0.1, -0.05) is 29.3 Å². The second-order valence-corrected chi connectivity index (χ2v) is 8.69. The van der Waals surface area contributed by atoms with Crippen LogP contribution in [0.3, 0.4) is 0 Å². The Morgan fingerprint density at radius 1 is 1.43 bits per heavy atom. The van der Waals surface area contributed by atoms with E-state index in [2.05, 4.69) is 15.9 Å². The maximum Gasteiger partial charge on any atom is 0.322 e. The number of aliphatic carboxylic acids is 1. The lowest BCUT2D eigenvalue weighted by molar-refractivity contribution is -0.140. The molecule has 2 rings (SSSR count). The highest BCUT2D eigenvalue weighted by Gasteiger charge is 2.45. The van der Waals surface area contributed by atoms with Crippen molar-refractivity contribution in [2.75, 3.05) is 5.75 Å². The molecule has 116 valence electrons. The van der Waals surface area contributed by atoms with Crippen molar-refractivity contribution in [1.82, 2.24) is 4.31 Å². The van der Waals surface area contributed by atoms with Gasteiger partial charge in [0.15, 0.2) is 0 Å². The van der Waals surface area contributed by atoms with Crippen molar-refractivity contribution >= 4 is 43.7 Å². The summed E-state index contributed by atoms with van der Waals surface area (Å²) in [5.74, 6) is -0.808. The van der Waals surface area contributed by atoms with Crippen LogP contribution in [0.15, 0.2) is 33.6 Å². The SMILES string of the molecule is CCCC1SCC(C(=O)O)N1S(=O)(=O)c1ccc(Br)cc1. The Kier molecular flexibility index (Phi) is 5.34. The number of hydrogen-bond donors (Lipinski definition) is 1. The average molecular weight is 394 g/mol. The van der Waals surface area contributed by atoms with Crippen LogP contribution in [0.5, 0.6) is 0 Å². The molecule has 8 heteroatoms. The molecule has 1 saturated heterocycles. The number of halogens is 1. The quantitative estimate of drug-likeness (QED) is 0.831. The van der Waals surface area contributed by atoms with Gasteiger partial charge in [-0.25, -0.2) is 8.42 Å². The first kappa shape index (κ1) is 16.8. The van der Waals surface area contributed by atoms with Crippen LogP contribution < -0.4 is 0 Å². The molecule has 0 spiro atoms. The molecular formula is C13H16BrNO4S2. The summed E-state index contributed by atoms with van der Waals surface area (Å²) in [6, 6.07) is 5.26. The van der Waals surface area contributed by atoms with Gasteiger partial charge in [-0.05, 0) is 30.7 Å². The first-order valence-corrected chi connectivity index (χ1v) is 9.79. The van der Waals surface area contributed by atoms with E-state index < -0.39 is 22.0 Å². The van der Waals surface area contributed by atoms with E-state index in [0.29, 0.717) is 6.42 Å². The molecule has 1 fully saturated rings. The van der Waals surface area contributed by atoms with Gasteiger partial charge < -0.3 is 5.11 Å². The number of nitrogens with zero attached hydrogens (tertiary/aromatic N) is 1. The highest BCUT2D eigenvalue weighted by Crippen LogP contribution is 2.37. The Balaban J connectivity index is 2.42. The van der Waals surface area contributed by atoms with Crippen LogP contribution in [0.2, 0.25) is 0 Å². The van der Waals surface area contributed by atoms with E-state index in [4.69, 9.17) is 0 Å². The van der Waals surface area contributed by atoms with Crippen molar-refractivity contribution in [3.63, 3.8) is 0 Å². The lowest BCUT2D eigenvalue weighted by Crippen LogP contribution is -2.45. The lowest BCUT2D eigenvalue weighted by Gasteiger charge is -2.26. The zero-order chi connectivity index (χ0) is 15.6. The molecule has 1 aromatic rings. The van der Waals surface area contributed by atoms with E-state index in [9.17, 15) is 18.3 Å². The molecule has 21 heavy (non-hydrogen) atoms. The van der Waals surface area contributed by atoms with E-state index in [1.807, 2.05) is 6.92 Å². The lowest BCUT2D eigenvalue weighted by atomic mass is 10.3. The van der Waals surface area contributed by atoms with Crippen LogP contribution in [0, 0.1) is 0 Å². The fourth-order valence-electron chi connectivity index (χ4n) is 2.24. The molecule has 2 atom stereocenters. The number of benzene rings is 1. The van der Waals surface area contributed by atoms with Gasteiger partial charge in [0.2, 0.25) is 10.0 Å². The summed E-state index contributed by atoms with van der Waals surface area (Å²) in [5, 5.41) is 8.98. The zero-order valence-electron chi connectivity index (χ0n) is 11.4. The van der Waals surface area contributed by atoms with Crippen molar-refractivity contribution in [2.24, 2.45) is 0 Å². The van der Waals surface area contributed by atoms with Gasteiger partial charge in [-0.2, -0.15) is 4.31 Å². The number of carboxylic acids is 1. The summed E-state index contributed by atoms with van der Waals surface area (Å²) in [6.07, 6.45) is 1.45. The van der Waals surface area contributed by atoms with E-state index in [1.165, 1.54) is 23.9 Å². The summed E-state index contributed by atoms with van der Waals surface area (Å²) < 4.78 is 27.5. The minimum atomic E-state index is -3.81. The van der Waals surface area contributed by atoms with E-state index in [1.54, 1.807) is 12.1 Å². The molecule has 0 aromatic heterocycles. The van der Waals surface area contributed by atoms with Crippen molar-refractivity contribution in [3.8, 4) is 0 Å². The van der Waals surface area contributed by atoms with Crippen molar-refractivity contribution in [3.05, 3.63) is 28.7 Å². The summed E-state index contributed by atoms with van der Waals surface area (Å²) in [7, 11) is -3.81. The third kappa shape index (κ3) is 3.44. The number of sulfonamides is 1. The van der Waals surface area contributed by atoms with Crippen LogP contribution >= 0.6 is 27.7 Å². The summed E-state index contributed by atoms with van der Waals surface area (Å²) in [4.78, 5) is 11.5. The standard InChI is InChI=1S/C13H16BrNO4S2/c1-2-3-12-15(11(8-20-12)13(16)17)21(18,19)10-6-4-9(14)5-7-10/h4-7,11-12H,2-3,8H2,1H3,(H,16,17). The highest BCUT2D eigenvalue weighted by atomic mass is 79.9. The molecule has 1 aromatic carbocycles. The van der Waals surface area contributed by atoms with E-state index >= 15 is 0 Å². The minimum absolute atomic E-state index is 0.126. The summed E-state index contributed by atoms with van der Waals surface area (Å²) in [5.41, 5.74) is 0. The smallest absolute Gasteiger partial charge is 0.322 e. The number of thioether (sulfide) groups is 1. The first-order valence-electron chi connectivity index (χ1n) is 6.51. The molecule has 0 aliphatic carbocycles. The summed E-state index contributed by atoms with van der Waals surface area (Å²) in [6.45, 7) is 1.96. The molecule has 1 heterocycles. The van der Waals surface area contributed by atoms with E-state index in [-0.39, 0.29) is 16.0 Å². The molecule has 5 nitrogen and oxygen atoms in total. The first-order chi connectivity index (χ1) is 9.87. The molecule has 1 N–H and O–H groups in total.